The van der Waals surface area contributed by atoms with E-state index in [-0.39, 0.29) is 29.9 Å². The van der Waals surface area contributed by atoms with E-state index < -0.39 is 0 Å². The molecule has 0 amide bonds. The second kappa shape index (κ2) is 23.7. The summed E-state index contributed by atoms with van der Waals surface area (Å²) in [4.78, 5) is 0. The third kappa shape index (κ3) is 17.4. The fourth-order valence-corrected chi connectivity index (χ4v) is 13.0. The summed E-state index contributed by atoms with van der Waals surface area (Å²) in [7, 11) is 5.15. The standard InChI is InChI=1S/C24H54O4S3Si2/c1-7-13-21-32-23(25-9-3,26-10-4)17-15-19-29-31-30-20-16-18-24(27-11-5,28-12-6)33-22-14-8-2/h7-22,32-33H2,1-6H3. The molecule has 4 nitrogen and oxygen atoms in total. The quantitative estimate of drug-likeness (QED) is 0.0500. The topological polar surface area (TPSA) is 36.9 Å². The van der Waals surface area contributed by atoms with Gasteiger partial charge in [-0.2, -0.15) is 0 Å². The fraction of sp³-hybridized carbons (Fsp3) is 1.00. The van der Waals surface area contributed by atoms with Crippen LogP contribution in [0.5, 0.6) is 0 Å². The summed E-state index contributed by atoms with van der Waals surface area (Å²) >= 11 is 0. The summed E-state index contributed by atoms with van der Waals surface area (Å²) < 4.78 is 24.7. The van der Waals surface area contributed by atoms with E-state index in [0.29, 0.717) is 0 Å². The van der Waals surface area contributed by atoms with E-state index in [9.17, 15) is 0 Å². The first-order chi connectivity index (χ1) is 16.1. The van der Waals surface area contributed by atoms with Crippen molar-refractivity contribution < 1.29 is 18.9 Å². The van der Waals surface area contributed by atoms with E-state index in [0.717, 1.165) is 63.6 Å². The Morgan fingerprint density at radius 2 is 0.909 bits per heavy atom. The van der Waals surface area contributed by atoms with Gasteiger partial charge in [-0.05, 0) is 63.2 Å². The molecular weight excluding hydrogens is 505 g/mol. The van der Waals surface area contributed by atoms with Crippen molar-refractivity contribution in [3.8, 4) is 0 Å². The van der Waals surface area contributed by atoms with Crippen LogP contribution in [0.2, 0.25) is 12.1 Å². The Morgan fingerprint density at radius 1 is 0.545 bits per heavy atom. The predicted molar refractivity (Wildman–Crippen MR) is 159 cm³/mol. The first-order valence-corrected chi connectivity index (χ1v) is 20.8. The third-order valence-electron chi connectivity index (χ3n) is 5.62. The van der Waals surface area contributed by atoms with Crippen LogP contribution in [-0.2, 0) is 18.9 Å². The Bertz CT molecular complexity index is 375. The molecule has 0 aromatic carbocycles. The van der Waals surface area contributed by atoms with Crippen LogP contribution in [-0.4, -0.2) is 67.8 Å². The SMILES string of the molecule is CCCC[SiH2]C(CCCSSSCCCC(OCC)(OCC)[SiH2]CCCC)(OCC)OCC. The maximum absolute atomic E-state index is 6.18. The van der Waals surface area contributed by atoms with Gasteiger partial charge in [-0.1, -0.05) is 73.2 Å². The second-order valence-electron chi connectivity index (χ2n) is 8.39. The average Bonchev–Trinajstić information content (AvgIpc) is 2.79. The van der Waals surface area contributed by atoms with E-state index in [4.69, 9.17) is 18.9 Å². The lowest BCUT2D eigenvalue weighted by Crippen LogP contribution is -2.42. The van der Waals surface area contributed by atoms with Gasteiger partial charge < -0.3 is 18.9 Å². The largest absolute Gasteiger partial charge is 0.355 e. The van der Waals surface area contributed by atoms with Crippen molar-refractivity contribution in [3.05, 3.63) is 0 Å². The minimum atomic E-state index is -0.382. The monoisotopic (exact) mass is 558 g/mol. The lowest BCUT2D eigenvalue weighted by Gasteiger charge is -2.33. The zero-order chi connectivity index (χ0) is 24.7. The molecule has 9 heteroatoms. The molecule has 0 aliphatic carbocycles. The first-order valence-electron chi connectivity index (χ1n) is 13.5. The molecule has 200 valence electrons. The van der Waals surface area contributed by atoms with E-state index in [1.807, 2.05) is 31.4 Å². The molecule has 0 rings (SSSR count). The summed E-state index contributed by atoms with van der Waals surface area (Å²) in [6.07, 6.45) is 9.59. The second-order valence-corrected chi connectivity index (χ2v) is 17.4. The lowest BCUT2D eigenvalue weighted by molar-refractivity contribution is -0.179. The van der Waals surface area contributed by atoms with Crippen LogP contribution < -0.4 is 0 Å². The van der Waals surface area contributed by atoms with Crippen LogP contribution >= 0.6 is 31.4 Å². The highest BCUT2D eigenvalue weighted by Gasteiger charge is 2.31. The van der Waals surface area contributed by atoms with Crippen LogP contribution in [0.3, 0.4) is 0 Å². The molecule has 0 N–H and O–H groups in total. The van der Waals surface area contributed by atoms with Crippen LogP contribution in [0.15, 0.2) is 0 Å². The zero-order valence-electron chi connectivity index (χ0n) is 22.6. The predicted octanol–water partition coefficient (Wildman–Crippen LogP) is 6.80. The molecule has 0 atom stereocenters. The highest BCUT2D eigenvalue weighted by molar-refractivity contribution is 9.09. The van der Waals surface area contributed by atoms with Gasteiger partial charge in [0.2, 0.25) is 0 Å². The number of rotatable bonds is 26. The molecule has 0 heterocycles. The van der Waals surface area contributed by atoms with Crippen molar-refractivity contribution >= 4 is 50.5 Å². The van der Waals surface area contributed by atoms with Crippen LogP contribution in [0.4, 0.5) is 0 Å². The molecule has 0 fully saturated rings. The molecule has 0 bridgehead atoms. The van der Waals surface area contributed by atoms with Gasteiger partial charge in [0.25, 0.3) is 0 Å². The van der Waals surface area contributed by atoms with Crippen LogP contribution in [0.25, 0.3) is 0 Å². The molecule has 0 saturated carbocycles. The molecule has 0 aromatic heterocycles. The summed E-state index contributed by atoms with van der Waals surface area (Å²) in [6.45, 7) is 15.9. The first kappa shape index (κ1) is 34.3. The summed E-state index contributed by atoms with van der Waals surface area (Å²) in [5.74, 6) is 2.32. The van der Waals surface area contributed by atoms with Gasteiger partial charge in [0.05, 0.1) is 19.0 Å². The third-order valence-corrected chi connectivity index (χ3v) is 14.8. The molecule has 0 saturated heterocycles. The Labute approximate surface area is 222 Å². The Hall–Kier alpha value is 1.32. The van der Waals surface area contributed by atoms with Crippen molar-refractivity contribution in [1.29, 1.82) is 0 Å². The smallest absolute Gasteiger partial charge is 0.144 e. The minimum Gasteiger partial charge on any atom is -0.355 e. The number of ether oxygens (including phenoxy) is 4. The summed E-state index contributed by atoms with van der Waals surface area (Å²) in [6, 6.07) is 2.64. The van der Waals surface area contributed by atoms with Crippen LogP contribution in [0.1, 0.15) is 92.9 Å². The van der Waals surface area contributed by atoms with Gasteiger partial charge in [-0.3, -0.25) is 0 Å². The van der Waals surface area contributed by atoms with Crippen molar-refractivity contribution in [1.82, 2.24) is 0 Å². The van der Waals surface area contributed by atoms with Gasteiger partial charge in [0.15, 0.2) is 0 Å². The number of hydrogen-bond acceptors (Lipinski definition) is 7. The average molecular weight is 559 g/mol. The van der Waals surface area contributed by atoms with Crippen molar-refractivity contribution in [2.45, 2.75) is 116 Å². The molecule has 0 aromatic rings. The van der Waals surface area contributed by atoms with Crippen molar-refractivity contribution in [2.24, 2.45) is 0 Å². The Kier molecular flexibility index (Phi) is 24.7. The van der Waals surface area contributed by atoms with Gasteiger partial charge in [-0.15, -0.1) is 0 Å². The van der Waals surface area contributed by atoms with E-state index >= 15 is 0 Å². The van der Waals surface area contributed by atoms with Crippen molar-refractivity contribution in [2.75, 3.05) is 37.9 Å². The highest BCUT2D eigenvalue weighted by Crippen LogP contribution is 2.37. The molecule has 0 radical (unpaired) electrons. The van der Waals surface area contributed by atoms with Gasteiger partial charge in [0.1, 0.15) is 10.8 Å². The Morgan fingerprint density at radius 3 is 1.21 bits per heavy atom. The van der Waals surface area contributed by atoms with Crippen molar-refractivity contribution in [3.63, 3.8) is 0 Å². The highest BCUT2D eigenvalue weighted by atomic mass is 33.5. The number of unbranched alkanes of at least 4 members (excludes halogenated alkanes) is 2. The van der Waals surface area contributed by atoms with E-state index in [2.05, 4.69) is 41.5 Å². The Balaban J connectivity index is 4.22. The molecule has 0 spiro atoms. The zero-order valence-corrected chi connectivity index (χ0v) is 27.9. The maximum Gasteiger partial charge on any atom is 0.144 e. The molecule has 33 heavy (non-hydrogen) atoms. The van der Waals surface area contributed by atoms with Gasteiger partial charge >= 0.3 is 0 Å². The fourth-order valence-electron chi connectivity index (χ4n) is 4.15. The summed E-state index contributed by atoms with van der Waals surface area (Å²) in [5.41, 5.74) is -0.471. The van der Waals surface area contributed by atoms with Gasteiger partial charge in [0, 0.05) is 37.9 Å². The minimum absolute atomic E-state index is 0.236. The molecule has 0 aliphatic rings. The van der Waals surface area contributed by atoms with Crippen LogP contribution in [0, 0.1) is 0 Å². The van der Waals surface area contributed by atoms with E-state index in [1.54, 1.807) is 0 Å². The summed E-state index contributed by atoms with van der Waals surface area (Å²) in [5, 5.41) is 0. The molecular formula is C24H54O4S3Si2. The van der Waals surface area contributed by atoms with Gasteiger partial charge in [-0.25, -0.2) is 0 Å². The molecule has 0 aliphatic heterocycles. The lowest BCUT2D eigenvalue weighted by atomic mass is 10.3. The molecule has 0 unspecified atom stereocenters. The normalized spacial score (nSPS) is 13.3. The number of hydrogen-bond donors (Lipinski definition) is 0. The van der Waals surface area contributed by atoms with E-state index in [1.165, 1.54) is 37.8 Å². The maximum atomic E-state index is 6.18.